The van der Waals surface area contributed by atoms with Crippen LogP contribution in [0.5, 0.6) is 5.75 Å². The highest BCUT2D eigenvalue weighted by molar-refractivity contribution is 5.96. The van der Waals surface area contributed by atoms with Crippen LogP contribution in [0.3, 0.4) is 0 Å². The highest BCUT2D eigenvalue weighted by Gasteiger charge is 2.15. The lowest BCUT2D eigenvalue weighted by Crippen LogP contribution is -2.13. The van der Waals surface area contributed by atoms with Gasteiger partial charge in [-0.15, -0.1) is 0 Å². The Hall–Kier alpha value is -2.69. The molecule has 4 nitrogen and oxygen atoms in total. The van der Waals surface area contributed by atoms with Crippen LogP contribution in [0.25, 0.3) is 0 Å². The number of hydrogen-bond acceptors (Lipinski definition) is 4. The summed E-state index contributed by atoms with van der Waals surface area (Å²) in [4.78, 5) is 24.0. The molecule has 0 saturated heterocycles. The lowest BCUT2D eigenvalue weighted by atomic mass is 10.1. The lowest BCUT2D eigenvalue weighted by Gasteiger charge is -2.08. The van der Waals surface area contributed by atoms with Gasteiger partial charge in [-0.25, -0.2) is 14.0 Å². The van der Waals surface area contributed by atoms with Gasteiger partial charge in [0.15, 0.2) is 11.6 Å². The maximum absolute atomic E-state index is 13.5. The van der Waals surface area contributed by atoms with Crippen molar-refractivity contribution in [1.29, 1.82) is 0 Å². The summed E-state index contributed by atoms with van der Waals surface area (Å²) in [6.45, 7) is 4.15. The second-order valence-electron chi connectivity index (χ2n) is 5.39. The van der Waals surface area contributed by atoms with Crippen LogP contribution in [-0.2, 0) is 4.74 Å². The van der Waals surface area contributed by atoms with Crippen molar-refractivity contribution < 1.29 is 23.5 Å². The van der Waals surface area contributed by atoms with Crippen LogP contribution < -0.4 is 4.74 Å². The number of carbonyl (C=O) groups is 2. The van der Waals surface area contributed by atoms with E-state index in [4.69, 9.17) is 9.47 Å². The molecule has 0 amide bonds. The third kappa shape index (κ3) is 4.64. The molecule has 2 rings (SSSR count). The molecule has 5 heteroatoms. The zero-order valence-corrected chi connectivity index (χ0v) is 12.9. The van der Waals surface area contributed by atoms with Gasteiger partial charge in [-0.3, -0.25) is 0 Å². The summed E-state index contributed by atoms with van der Waals surface area (Å²) in [6.07, 6.45) is 0. The largest absolute Gasteiger partial charge is 0.462 e. The van der Waals surface area contributed by atoms with Crippen LogP contribution in [0.15, 0.2) is 48.5 Å². The molecule has 0 fully saturated rings. The van der Waals surface area contributed by atoms with Crippen molar-refractivity contribution in [2.75, 3.05) is 6.61 Å². The summed E-state index contributed by atoms with van der Waals surface area (Å²) in [5.41, 5.74) is 0.390. The summed E-state index contributed by atoms with van der Waals surface area (Å²) < 4.78 is 23.6. The van der Waals surface area contributed by atoms with E-state index < -0.39 is 17.8 Å². The maximum atomic E-state index is 13.5. The Morgan fingerprint density at radius 1 is 1.00 bits per heavy atom. The molecule has 0 spiro atoms. The van der Waals surface area contributed by atoms with E-state index in [0.717, 1.165) is 0 Å². The molecular weight excluding hydrogens is 299 g/mol. The van der Waals surface area contributed by atoms with Gasteiger partial charge >= 0.3 is 11.9 Å². The quantitative estimate of drug-likeness (QED) is 0.621. The molecule has 0 aliphatic rings. The molecule has 0 aliphatic carbocycles. The minimum Gasteiger partial charge on any atom is -0.462 e. The highest BCUT2D eigenvalue weighted by atomic mass is 19.1. The van der Waals surface area contributed by atoms with Gasteiger partial charge < -0.3 is 9.47 Å². The molecule has 0 aliphatic heterocycles. The van der Waals surface area contributed by atoms with Crippen LogP contribution in [0.4, 0.5) is 4.39 Å². The fraction of sp³-hybridized carbons (Fsp3) is 0.222. The van der Waals surface area contributed by atoms with E-state index in [-0.39, 0.29) is 22.8 Å². The van der Waals surface area contributed by atoms with E-state index >= 15 is 0 Å². The lowest BCUT2D eigenvalue weighted by molar-refractivity contribution is 0.0459. The minimum absolute atomic E-state index is 0.146. The van der Waals surface area contributed by atoms with Gasteiger partial charge in [0.2, 0.25) is 0 Å². The second kappa shape index (κ2) is 7.54. The van der Waals surface area contributed by atoms with Crippen LogP contribution in [0, 0.1) is 11.7 Å². The molecule has 0 atom stereocenters. The number of rotatable bonds is 5. The van der Waals surface area contributed by atoms with Crippen molar-refractivity contribution in [1.82, 2.24) is 0 Å². The monoisotopic (exact) mass is 316 g/mol. The molecule has 0 saturated carbocycles. The standard InChI is InChI=1S/C18H17FO4/c1-12(2)11-22-17(20)13-6-5-7-14(10-13)18(21)23-16-9-4-3-8-15(16)19/h3-10,12H,11H2,1-2H3. The Morgan fingerprint density at radius 2 is 1.65 bits per heavy atom. The summed E-state index contributed by atoms with van der Waals surface area (Å²) in [7, 11) is 0. The Balaban J connectivity index is 2.11. The molecule has 2 aromatic rings. The first-order valence-electron chi connectivity index (χ1n) is 7.21. The normalized spacial score (nSPS) is 10.4. The Kier molecular flexibility index (Phi) is 5.46. The molecule has 0 N–H and O–H groups in total. The number of halogens is 1. The first-order chi connectivity index (χ1) is 11.0. The van der Waals surface area contributed by atoms with E-state index in [1.165, 1.54) is 30.3 Å². The SMILES string of the molecule is CC(C)COC(=O)c1cccc(C(=O)Oc2ccccc2F)c1. The molecule has 120 valence electrons. The van der Waals surface area contributed by atoms with E-state index in [0.29, 0.717) is 6.61 Å². The molecule has 23 heavy (non-hydrogen) atoms. The summed E-state index contributed by atoms with van der Waals surface area (Å²) in [5, 5.41) is 0. The van der Waals surface area contributed by atoms with Crippen molar-refractivity contribution in [3.63, 3.8) is 0 Å². The van der Waals surface area contributed by atoms with Crippen molar-refractivity contribution in [2.45, 2.75) is 13.8 Å². The molecule has 2 aromatic carbocycles. The molecular formula is C18H17FO4. The fourth-order valence-corrected chi connectivity index (χ4v) is 1.79. The van der Waals surface area contributed by atoms with Gasteiger partial charge in [-0.2, -0.15) is 0 Å². The fourth-order valence-electron chi connectivity index (χ4n) is 1.79. The van der Waals surface area contributed by atoms with Gasteiger partial charge in [0, 0.05) is 0 Å². The summed E-state index contributed by atoms with van der Waals surface area (Å²) >= 11 is 0. The van der Waals surface area contributed by atoms with E-state index in [1.807, 2.05) is 13.8 Å². The molecule has 0 radical (unpaired) electrons. The predicted molar refractivity (Wildman–Crippen MR) is 82.9 cm³/mol. The van der Waals surface area contributed by atoms with E-state index in [2.05, 4.69) is 0 Å². The second-order valence-corrected chi connectivity index (χ2v) is 5.39. The topological polar surface area (TPSA) is 52.6 Å². The van der Waals surface area contributed by atoms with Crippen LogP contribution in [0.1, 0.15) is 34.6 Å². The van der Waals surface area contributed by atoms with Gasteiger partial charge in [0.05, 0.1) is 17.7 Å². The number of benzene rings is 2. The number of esters is 2. The molecule has 0 aromatic heterocycles. The van der Waals surface area contributed by atoms with Crippen molar-refractivity contribution >= 4 is 11.9 Å². The summed E-state index contributed by atoms with van der Waals surface area (Å²) in [5.74, 6) is -1.83. The predicted octanol–water partition coefficient (Wildman–Crippen LogP) is 3.86. The van der Waals surface area contributed by atoms with Crippen LogP contribution in [-0.4, -0.2) is 18.5 Å². The van der Waals surface area contributed by atoms with E-state index in [9.17, 15) is 14.0 Å². The highest BCUT2D eigenvalue weighted by Crippen LogP contribution is 2.18. The average molecular weight is 316 g/mol. The molecule has 0 bridgehead atoms. The van der Waals surface area contributed by atoms with Gasteiger partial charge in [0.25, 0.3) is 0 Å². The minimum atomic E-state index is -0.742. The summed E-state index contributed by atoms with van der Waals surface area (Å²) in [6, 6.07) is 11.6. The molecule has 0 heterocycles. The van der Waals surface area contributed by atoms with Crippen molar-refractivity contribution in [3.8, 4) is 5.75 Å². The number of ether oxygens (including phenoxy) is 2. The number of carbonyl (C=O) groups excluding carboxylic acids is 2. The van der Waals surface area contributed by atoms with Crippen LogP contribution >= 0.6 is 0 Å². The van der Waals surface area contributed by atoms with Crippen molar-refractivity contribution in [2.24, 2.45) is 5.92 Å². The smallest absolute Gasteiger partial charge is 0.343 e. The van der Waals surface area contributed by atoms with Gasteiger partial charge in [-0.05, 0) is 36.2 Å². The zero-order chi connectivity index (χ0) is 16.8. The first kappa shape index (κ1) is 16.7. The van der Waals surface area contributed by atoms with E-state index in [1.54, 1.807) is 18.2 Å². The third-order valence-corrected chi connectivity index (χ3v) is 2.92. The van der Waals surface area contributed by atoms with Gasteiger partial charge in [0.1, 0.15) is 0 Å². The first-order valence-corrected chi connectivity index (χ1v) is 7.21. The number of para-hydroxylation sites is 1. The third-order valence-electron chi connectivity index (χ3n) is 2.92. The Bertz CT molecular complexity index is 710. The Morgan fingerprint density at radius 3 is 2.30 bits per heavy atom. The van der Waals surface area contributed by atoms with Gasteiger partial charge in [-0.1, -0.05) is 32.0 Å². The molecule has 0 unspecified atom stereocenters. The van der Waals surface area contributed by atoms with Crippen LogP contribution in [0.2, 0.25) is 0 Å². The Labute approximate surface area is 133 Å². The average Bonchev–Trinajstić information content (AvgIpc) is 2.54. The maximum Gasteiger partial charge on any atom is 0.343 e. The van der Waals surface area contributed by atoms with Crippen molar-refractivity contribution in [3.05, 3.63) is 65.5 Å². The zero-order valence-electron chi connectivity index (χ0n) is 12.9. The number of hydrogen-bond donors (Lipinski definition) is 0.